The first kappa shape index (κ1) is 22.6. The van der Waals surface area contributed by atoms with Gasteiger partial charge in [0.05, 0.1) is 17.2 Å². The molecule has 0 radical (unpaired) electrons. The molecule has 1 aliphatic rings. The fourth-order valence-corrected chi connectivity index (χ4v) is 3.56. The van der Waals surface area contributed by atoms with E-state index in [9.17, 15) is 9.18 Å². The third-order valence-electron chi connectivity index (χ3n) is 5.23. The van der Waals surface area contributed by atoms with E-state index in [0.29, 0.717) is 43.1 Å². The van der Waals surface area contributed by atoms with Gasteiger partial charge in [-0.3, -0.25) is 4.79 Å². The lowest BCUT2D eigenvalue weighted by Gasteiger charge is -2.37. The summed E-state index contributed by atoms with van der Waals surface area (Å²) in [7, 11) is 0. The zero-order valence-electron chi connectivity index (χ0n) is 17.8. The van der Waals surface area contributed by atoms with Gasteiger partial charge in [0, 0.05) is 37.6 Å². The number of amides is 1. The molecule has 7 heteroatoms. The number of aryl methyl sites for hydroxylation is 1. The summed E-state index contributed by atoms with van der Waals surface area (Å²) >= 11 is 0. The van der Waals surface area contributed by atoms with E-state index < -0.39 is 5.82 Å². The fourth-order valence-electron chi connectivity index (χ4n) is 3.56. The maximum Gasteiger partial charge on any atom is 0.256 e. The van der Waals surface area contributed by atoms with E-state index >= 15 is 0 Å². The molecule has 0 aromatic heterocycles. The highest BCUT2D eigenvalue weighted by Gasteiger charge is 2.24. The fraction of sp³-hybridized carbons (Fsp3) is 0.200. The number of piperazine rings is 1. The van der Waals surface area contributed by atoms with Crippen molar-refractivity contribution in [2.75, 3.05) is 36.8 Å². The molecular weight excluding hydrogens is 407 g/mol. The van der Waals surface area contributed by atoms with Gasteiger partial charge >= 0.3 is 0 Å². The molecule has 1 heterocycles. The molecule has 1 amide bonds. The van der Waals surface area contributed by atoms with E-state index in [0.717, 1.165) is 11.3 Å². The molecule has 0 unspecified atom stereocenters. The van der Waals surface area contributed by atoms with Gasteiger partial charge in [0.15, 0.2) is 0 Å². The van der Waals surface area contributed by atoms with Crippen LogP contribution in [0.3, 0.4) is 0 Å². The number of halogens is 1. The van der Waals surface area contributed by atoms with Crippen molar-refractivity contribution in [3.63, 3.8) is 0 Å². The summed E-state index contributed by atoms with van der Waals surface area (Å²) in [5.41, 5.74) is 9.03. The van der Waals surface area contributed by atoms with Crippen LogP contribution in [0.5, 0.6) is 5.75 Å². The van der Waals surface area contributed by atoms with Crippen molar-refractivity contribution in [3.05, 3.63) is 89.2 Å². The molecule has 1 saturated heterocycles. The van der Waals surface area contributed by atoms with Gasteiger partial charge in [-0.25, -0.2) is 4.39 Å². The third kappa shape index (κ3) is 5.55. The lowest BCUT2D eigenvalue weighted by Crippen LogP contribution is -2.49. The second-order valence-electron chi connectivity index (χ2n) is 7.46. The number of anilines is 2. The summed E-state index contributed by atoms with van der Waals surface area (Å²) in [5, 5.41) is 17.6. The van der Waals surface area contributed by atoms with Gasteiger partial charge in [-0.15, -0.1) is 0 Å². The predicted octanol–water partition coefficient (Wildman–Crippen LogP) is 3.94. The molecule has 1 aliphatic heterocycles. The lowest BCUT2D eigenvalue weighted by molar-refractivity contribution is 0.0748. The Morgan fingerprint density at radius 3 is 2.25 bits per heavy atom. The molecule has 32 heavy (non-hydrogen) atoms. The van der Waals surface area contributed by atoms with Crippen LogP contribution in [-0.4, -0.2) is 42.1 Å². The molecule has 0 spiro atoms. The molecule has 0 bridgehead atoms. The number of carbonyl (C=O) groups is 1. The molecule has 0 aliphatic carbocycles. The summed E-state index contributed by atoms with van der Waals surface area (Å²) in [6, 6.07) is 20.3. The molecule has 0 atom stereocenters. The number of aromatic hydroxyl groups is 1. The van der Waals surface area contributed by atoms with Crippen LogP contribution in [0.1, 0.15) is 21.5 Å². The molecule has 0 saturated carbocycles. The first-order valence-corrected chi connectivity index (χ1v) is 10.2. The Morgan fingerprint density at radius 2 is 1.72 bits per heavy atom. The SMILES string of the molecule is Cc1cc(C#N)ccc1N1CCN(C(=O)c2ccc(F)cc2N)CC1.Oc1ccccc1. The van der Waals surface area contributed by atoms with E-state index in [1.807, 2.05) is 25.1 Å². The topological polar surface area (TPSA) is 93.6 Å². The van der Waals surface area contributed by atoms with Gasteiger partial charge in [0.25, 0.3) is 5.91 Å². The number of hydrogen-bond donors (Lipinski definition) is 2. The minimum atomic E-state index is -0.449. The number of benzene rings is 3. The maximum absolute atomic E-state index is 13.2. The van der Waals surface area contributed by atoms with Gasteiger partial charge in [-0.1, -0.05) is 18.2 Å². The van der Waals surface area contributed by atoms with Gasteiger partial charge < -0.3 is 20.6 Å². The lowest BCUT2D eigenvalue weighted by atomic mass is 10.1. The van der Waals surface area contributed by atoms with Crippen molar-refractivity contribution >= 4 is 17.3 Å². The van der Waals surface area contributed by atoms with Crippen LogP contribution in [0.2, 0.25) is 0 Å². The van der Waals surface area contributed by atoms with Gasteiger partial charge in [0.1, 0.15) is 11.6 Å². The van der Waals surface area contributed by atoms with Gasteiger partial charge in [-0.05, 0) is 61.0 Å². The minimum Gasteiger partial charge on any atom is -0.508 e. The largest absolute Gasteiger partial charge is 0.508 e. The quantitative estimate of drug-likeness (QED) is 0.598. The van der Waals surface area contributed by atoms with Crippen molar-refractivity contribution in [1.82, 2.24) is 4.90 Å². The molecular formula is C25H25FN4O2. The van der Waals surface area contributed by atoms with Crippen molar-refractivity contribution in [1.29, 1.82) is 5.26 Å². The summed E-state index contributed by atoms with van der Waals surface area (Å²) in [6.07, 6.45) is 0. The van der Waals surface area contributed by atoms with Crippen LogP contribution >= 0.6 is 0 Å². The molecule has 164 valence electrons. The minimum absolute atomic E-state index is 0.162. The number of phenols is 1. The van der Waals surface area contributed by atoms with Crippen LogP contribution < -0.4 is 10.6 Å². The Labute approximate surface area is 186 Å². The van der Waals surface area contributed by atoms with Crippen molar-refractivity contribution in [2.45, 2.75) is 6.92 Å². The van der Waals surface area contributed by atoms with Crippen LogP contribution in [0, 0.1) is 24.1 Å². The second-order valence-corrected chi connectivity index (χ2v) is 7.46. The number of nitrogens with zero attached hydrogens (tertiary/aromatic N) is 3. The van der Waals surface area contributed by atoms with Crippen LogP contribution in [-0.2, 0) is 0 Å². The number of para-hydroxylation sites is 1. The van der Waals surface area contributed by atoms with Crippen LogP contribution in [0.15, 0.2) is 66.7 Å². The van der Waals surface area contributed by atoms with E-state index in [2.05, 4.69) is 11.0 Å². The first-order chi connectivity index (χ1) is 15.4. The number of rotatable bonds is 2. The highest BCUT2D eigenvalue weighted by molar-refractivity contribution is 5.99. The van der Waals surface area contributed by atoms with Gasteiger partial charge in [0.2, 0.25) is 0 Å². The van der Waals surface area contributed by atoms with Crippen molar-refractivity contribution in [3.8, 4) is 11.8 Å². The monoisotopic (exact) mass is 432 g/mol. The van der Waals surface area contributed by atoms with E-state index in [1.54, 1.807) is 35.2 Å². The number of carbonyl (C=O) groups excluding carboxylic acids is 1. The number of nitriles is 1. The van der Waals surface area contributed by atoms with E-state index in [4.69, 9.17) is 16.1 Å². The standard InChI is InChI=1S/C19H19FN4O.C6H6O/c1-13-10-14(12-21)2-5-18(13)23-6-8-24(9-7-23)19(25)16-4-3-15(20)11-17(16)22;7-6-4-2-1-3-5-6/h2-5,10-11H,6-9,22H2,1H3;1-5,7H. The second kappa shape index (κ2) is 10.3. The van der Waals surface area contributed by atoms with Crippen molar-refractivity contribution in [2.24, 2.45) is 0 Å². The Hall–Kier alpha value is -4.05. The summed E-state index contributed by atoms with van der Waals surface area (Å²) in [6.45, 7) is 4.50. The molecule has 1 fully saturated rings. The first-order valence-electron chi connectivity index (χ1n) is 10.2. The predicted molar refractivity (Wildman–Crippen MR) is 123 cm³/mol. The number of hydrogen-bond acceptors (Lipinski definition) is 5. The highest BCUT2D eigenvalue weighted by atomic mass is 19.1. The number of phenolic OH excluding ortho intramolecular Hbond substituents is 1. The van der Waals surface area contributed by atoms with E-state index in [-0.39, 0.29) is 11.6 Å². The zero-order valence-corrected chi connectivity index (χ0v) is 17.8. The molecule has 6 nitrogen and oxygen atoms in total. The average molecular weight is 432 g/mol. The van der Waals surface area contributed by atoms with Gasteiger partial charge in [-0.2, -0.15) is 5.26 Å². The van der Waals surface area contributed by atoms with Crippen LogP contribution in [0.25, 0.3) is 0 Å². The third-order valence-corrected chi connectivity index (χ3v) is 5.23. The molecule has 3 aromatic carbocycles. The summed E-state index contributed by atoms with van der Waals surface area (Å²) < 4.78 is 13.2. The summed E-state index contributed by atoms with van der Waals surface area (Å²) in [5.74, 6) is -0.300. The number of nitrogens with two attached hydrogens (primary N) is 1. The normalized spacial score (nSPS) is 13.0. The Balaban J connectivity index is 0.000000352. The zero-order chi connectivity index (χ0) is 23.1. The number of nitrogen functional groups attached to an aromatic ring is 1. The Kier molecular flexibility index (Phi) is 7.29. The summed E-state index contributed by atoms with van der Waals surface area (Å²) in [4.78, 5) is 16.5. The average Bonchev–Trinajstić information content (AvgIpc) is 2.80. The smallest absolute Gasteiger partial charge is 0.256 e. The Bertz CT molecular complexity index is 1120. The Morgan fingerprint density at radius 1 is 1.03 bits per heavy atom. The molecule has 3 aromatic rings. The maximum atomic E-state index is 13.2. The molecule has 4 rings (SSSR count). The van der Waals surface area contributed by atoms with Crippen LogP contribution in [0.4, 0.5) is 15.8 Å². The van der Waals surface area contributed by atoms with E-state index in [1.165, 1.54) is 18.2 Å². The van der Waals surface area contributed by atoms with Crippen molar-refractivity contribution < 1.29 is 14.3 Å². The molecule has 3 N–H and O–H groups in total. The highest BCUT2D eigenvalue weighted by Crippen LogP contribution is 2.23.